The predicted molar refractivity (Wildman–Crippen MR) is 241 cm³/mol. The summed E-state index contributed by atoms with van der Waals surface area (Å²) in [6.45, 7) is 0. The number of nitrogens with zero attached hydrogens (tertiary/aromatic N) is 1. The van der Waals surface area contributed by atoms with Crippen LogP contribution < -0.4 is 4.90 Å². The van der Waals surface area contributed by atoms with Crippen LogP contribution in [0.25, 0.3) is 84.5 Å². The summed E-state index contributed by atoms with van der Waals surface area (Å²) < 4.78 is 5.22. The first kappa shape index (κ1) is 32.0. The third-order valence-electron chi connectivity index (χ3n) is 10.9. The second-order valence-corrected chi connectivity index (χ2v) is 16.2. The van der Waals surface area contributed by atoms with Crippen molar-refractivity contribution in [3.05, 3.63) is 200 Å². The number of benzene rings is 9. The molecule has 2 aromatic heterocycles. The molecule has 0 radical (unpaired) electrons. The Labute approximate surface area is 327 Å². The summed E-state index contributed by atoms with van der Waals surface area (Å²) in [6, 6.07) is 73.5. The van der Waals surface area contributed by atoms with Crippen LogP contribution in [0.3, 0.4) is 0 Å². The SMILES string of the molecule is c1ccc(-c2ccc(N(c3ccc(-c4cccc5c4sc4ccccc45)c(-c4cccc5ccccc45)c3)c3cccc4sc5ccccc5c34)cc2)cc1. The Kier molecular flexibility index (Phi) is 7.61. The maximum atomic E-state index is 2.47. The third kappa shape index (κ3) is 5.35. The van der Waals surface area contributed by atoms with Crippen molar-refractivity contribution in [1.29, 1.82) is 0 Å². The molecule has 55 heavy (non-hydrogen) atoms. The van der Waals surface area contributed by atoms with Gasteiger partial charge in [0.05, 0.1) is 5.69 Å². The van der Waals surface area contributed by atoms with Gasteiger partial charge in [0, 0.05) is 57.3 Å². The minimum atomic E-state index is 1.12. The molecule has 0 spiro atoms. The Hall–Kier alpha value is -6.52. The summed E-state index contributed by atoms with van der Waals surface area (Å²) in [6.07, 6.45) is 0. The molecule has 11 rings (SSSR count). The molecule has 0 saturated carbocycles. The average Bonchev–Trinajstić information content (AvgIpc) is 3.83. The molecule has 0 aliphatic heterocycles. The van der Waals surface area contributed by atoms with Gasteiger partial charge in [-0.2, -0.15) is 0 Å². The number of hydrogen-bond acceptors (Lipinski definition) is 3. The van der Waals surface area contributed by atoms with Gasteiger partial charge in [-0.1, -0.05) is 152 Å². The molecule has 9 aromatic carbocycles. The predicted octanol–water partition coefficient (Wildman–Crippen LogP) is 16.0. The lowest BCUT2D eigenvalue weighted by Gasteiger charge is -2.28. The maximum absolute atomic E-state index is 2.47. The molecule has 0 amide bonds. The molecule has 0 aliphatic carbocycles. The van der Waals surface area contributed by atoms with Crippen molar-refractivity contribution in [3.8, 4) is 33.4 Å². The van der Waals surface area contributed by atoms with Crippen molar-refractivity contribution < 1.29 is 0 Å². The topological polar surface area (TPSA) is 3.24 Å². The smallest absolute Gasteiger partial charge is 0.0554 e. The first-order chi connectivity index (χ1) is 27.3. The van der Waals surface area contributed by atoms with Crippen molar-refractivity contribution in [1.82, 2.24) is 0 Å². The first-order valence-corrected chi connectivity index (χ1v) is 20.3. The number of hydrogen-bond donors (Lipinski definition) is 0. The molecule has 1 nitrogen and oxygen atoms in total. The van der Waals surface area contributed by atoms with Crippen molar-refractivity contribution >= 4 is 90.9 Å². The molecule has 0 unspecified atom stereocenters. The van der Waals surface area contributed by atoms with Crippen molar-refractivity contribution in [3.63, 3.8) is 0 Å². The number of thiophene rings is 2. The van der Waals surface area contributed by atoms with E-state index < -0.39 is 0 Å². The van der Waals surface area contributed by atoms with E-state index in [1.54, 1.807) is 0 Å². The van der Waals surface area contributed by atoms with Crippen molar-refractivity contribution in [2.75, 3.05) is 4.90 Å². The minimum absolute atomic E-state index is 1.12. The van der Waals surface area contributed by atoms with Crippen LogP contribution in [-0.2, 0) is 0 Å². The van der Waals surface area contributed by atoms with E-state index in [1.807, 2.05) is 22.7 Å². The van der Waals surface area contributed by atoms with Gasteiger partial charge in [-0.3, -0.25) is 0 Å². The van der Waals surface area contributed by atoms with Gasteiger partial charge in [-0.25, -0.2) is 0 Å². The van der Waals surface area contributed by atoms with Gasteiger partial charge in [0.25, 0.3) is 0 Å². The van der Waals surface area contributed by atoms with Crippen LogP contribution >= 0.6 is 22.7 Å². The quantitative estimate of drug-likeness (QED) is 0.164. The third-order valence-corrected chi connectivity index (χ3v) is 13.2. The molecule has 0 aliphatic rings. The summed E-state index contributed by atoms with van der Waals surface area (Å²) in [7, 11) is 0. The Bertz CT molecular complexity index is 3200. The summed E-state index contributed by atoms with van der Waals surface area (Å²) in [4.78, 5) is 2.47. The Morgan fingerprint density at radius 3 is 1.78 bits per heavy atom. The van der Waals surface area contributed by atoms with Gasteiger partial charge in [0.15, 0.2) is 0 Å². The van der Waals surface area contributed by atoms with E-state index >= 15 is 0 Å². The van der Waals surface area contributed by atoms with Crippen LogP contribution in [0, 0.1) is 0 Å². The maximum Gasteiger partial charge on any atom is 0.0554 e. The lowest BCUT2D eigenvalue weighted by molar-refractivity contribution is 1.30. The lowest BCUT2D eigenvalue weighted by atomic mass is 9.90. The molecule has 0 bridgehead atoms. The van der Waals surface area contributed by atoms with E-state index in [-0.39, 0.29) is 0 Å². The van der Waals surface area contributed by atoms with Crippen LogP contribution in [0.2, 0.25) is 0 Å². The van der Waals surface area contributed by atoms with Gasteiger partial charge in [0.2, 0.25) is 0 Å². The summed E-state index contributed by atoms with van der Waals surface area (Å²) in [5.41, 5.74) is 10.8. The van der Waals surface area contributed by atoms with Crippen LogP contribution in [-0.4, -0.2) is 0 Å². The largest absolute Gasteiger partial charge is 0.310 e. The van der Waals surface area contributed by atoms with Crippen LogP contribution in [0.5, 0.6) is 0 Å². The van der Waals surface area contributed by atoms with E-state index in [4.69, 9.17) is 0 Å². The average molecular weight is 736 g/mol. The fourth-order valence-electron chi connectivity index (χ4n) is 8.35. The highest BCUT2D eigenvalue weighted by atomic mass is 32.1. The standard InChI is InChI=1S/C52H33NS2/c1-2-13-34(14-3-1)35-27-29-37(30-28-35)53(47-23-12-26-50-51(47)45-19-7-9-25-49(45)54-50)38-31-32-41(46(33-38)40-20-10-16-36-15-4-5-17-39(36)40)43-21-11-22-44-42-18-6-8-24-48(42)55-52(43)44/h1-33H. The molecule has 0 saturated heterocycles. The van der Waals surface area contributed by atoms with Gasteiger partial charge in [-0.15, -0.1) is 22.7 Å². The Morgan fingerprint density at radius 1 is 0.327 bits per heavy atom. The molecule has 0 N–H and O–H groups in total. The van der Waals surface area contributed by atoms with Crippen molar-refractivity contribution in [2.24, 2.45) is 0 Å². The summed E-state index contributed by atoms with van der Waals surface area (Å²) >= 11 is 3.75. The van der Waals surface area contributed by atoms with Crippen LogP contribution in [0.15, 0.2) is 200 Å². The molecule has 11 aromatic rings. The Balaban J connectivity index is 1.19. The molecule has 0 atom stereocenters. The fraction of sp³-hybridized carbons (Fsp3) is 0. The first-order valence-electron chi connectivity index (χ1n) is 18.7. The molecular formula is C52H33NS2. The summed E-state index contributed by atoms with van der Waals surface area (Å²) in [5, 5.41) is 7.67. The van der Waals surface area contributed by atoms with E-state index in [2.05, 4.69) is 205 Å². The van der Waals surface area contributed by atoms with E-state index in [9.17, 15) is 0 Å². The van der Waals surface area contributed by atoms with Gasteiger partial charge in [0.1, 0.15) is 0 Å². The van der Waals surface area contributed by atoms with E-state index in [0.29, 0.717) is 0 Å². The Morgan fingerprint density at radius 2 is 0.927 bits per heavy atom. The van der Waals surface area contributed by atoms with Crippen molar-refractivity contribution in [2.45, 2.75) is 0 Å². The number of anilines is 3. The highest BCUT2D eigenvalue weighted by molar-refractivity contribution is 7.26. The molecule has 3 heteroatoms. The van der Waals surface area contributed by atoms with E-state index in [1.165, 1.54) is 90.2 Å². The summed E-state index contributed by atoms with van der Waals surface area (Å²) in [5.74, 6) is 0. The number of fused-ring (bicyclic) bond motifs is 7. The van der Waals surface area contributed by atoms with Crippen LogP contribution in [0.4, 0.5) is 17.1 Å². The lowest BCUT2D eigenvalue weighted by Crippen LogP contribution is -2.10. The van der Waals surface area contributed by atoms with E-state index in [0.717, 1.165) is 11.4 Å². The zero-order chi connectivity index (χ0) is 36.3. The normalized spacial score (nSPS) is 11.6. The van der Waals surface area contributed by atoms with Crippen LogP contribution in [0.1, 0.15) is 0 Å². The van der Waals surface area contributed by atoms with Gasteiger partial charge in [-0.05, 0) is 87.1 Å². The fourth-order valence-corrected chi connectivity index (χ4v) is 10.7. The number of rotatable bonds is 6. The zero-order valence-corrected chi connectivity index (χ0v) is 31.4. The monoisotopic (exact) mass is 735 g/mol. The molecule has 0 fully saturated rings. The van der Waals surface area contributed by atoms with Gasteiger partial charge < -0.3 is 4.90 Å². The molecule has 2 heterocycles. The second-order valence-electron chi connectivity index (χ2n) is 14.0. The molecule has 258 valence electrons. The highest BCUT2D eigenvalue weighted by Gasteiger charge is 2.22. The highest BCUT2D eigenvalue weighted by Crippen LogP contribution is 2.49. The minimum Gasteiger partial charge on any atom is -0.310 e. The van der Waals surface area contributed by atoms with Gasteiger partial charge >= 0.3 is 0 Å². The second kappa shape index (κ2) is 13.1. The molecular weight excluding hydrogens is 703 g/mol. The zero-order valence-electron chi connectivity index (χ0n) is 29.8.